The van der Waals surface area contributed by atoms with E-state index >= 15 is 0 Å². The van der Waals surface area contributed by atoms with Crippen LogP contribution in [0.4, 0.5) is 0 Å². The minimum absolute atomic E-state index is 0.133. The van der Waals surface area contributed by atoms with Crippen LogP contribution >= 0.6 is 0 Å². The molecule has 0 saturated heterocycles. The van der Waals surface area contributed by atoms with Crippen LogP contribution in [-0.2, 0) is 5.41 Å². The Balaban J connectivity index is 2.28. The number of aryl methyl sites for hydroxylation is 1. The van der Waals surface area contributed by atoms with Crippen molar-refractivity contribution in [2.24, 2.45) is 0 Å². The molecule has 0 aliphatic heterocycles. The first-order chi connectivity index (χ1) is 11.8. The fourth-order valence-electron chi connectivity index (χ4n) is 3.31. The second kappa shape index (κ2) is 6.63. The minimum Gasteiger partial charge on any atom is -0.247 e. The standard InChI is InChI=1S/C24H29N/c1-7-17(3)21-15-18-10-8-9-11-22(18)25-23(21)19-12-16(2)13-20(14-19)24(4,5)6/h8-15,17H,7H2,1-6H3. The van der Waals surface area contributed by atoms with Gasteiger partial charge in [0.05, 0.1) is 11.2 Å². The molecule has 0 spiro atoms. The molecule has 0 amide bonds. The zero-order valence-electron chi connectivity index (χ0n) is 16.4. The van der Waals surface area contributed by atoms with Gasteiger partial charge >= 0.3 is 0 Å². The number of rotatable bonds is 3. The van der Waals surface area contributed by atoms with Gasteiger partial charge in [0, 0.05) is 10.9 Å². The molecule has 130 valence electrons. The second-order valence-electron chi connectivity index (χ2n) is 8.27. The summed E-state index contributed by atoms with van der Waals surface area (Å²) in [5.41, 5.74) is 7.61. The van der Waals surface area contributed by atoms with Gasteiger partial charge in [0.2, 0.25) is 0 Å². The number of para-hydroxylation sites is 1. The van der Waals surface area contributed by atoms with E-state index in [2.05, 4.69) is 90.1 Å². The van der Waals surface area contributed by atoms with Crippen molar-refractivity contribution in [2.45, 2.75) is 59.3 Å². The molecule has 0 aliphatic rings. The molecule has 1 atom stereocenters. The zero-order chi connectivity index (χ0) is 18.2. The summed E-state index contributed by atoms with van der Waals surface area (Å²) in [6, 6.07) is 17.7. The van der Waals surface area contributed by atoms with Gasteiger partial charge in [-0.15, -0.1) is 0 Å². The molecule has 0 radical (unpaired) electrons. The quantitative estimate of drug-likeness (QED) is 0.502. The Bertz CT molecular complexity index is 900. The topological polar surface area (TPSA) is 12.9 Å². The molecule has 1 heterocycles. The number of aromatic nitrogens is 1. The first kappa shape index (κ1) is 17.7. The van der Waals surface area contributed by atoms with Crippen molar-refractivity contribution in [1.29, 1.82) is 0 Å². The number of fused-ring (bicyclic) bond motifs is 1. The first-order valence-corrected chi connectivity index (χ1v) is 9.32. The van der Waals surface area contributed by atoms with Crippen LogP contribution in [0.2, 0.25) is 0 Å². The maximum absolute atomic E-state index is 5.08. The Hall–Kier alpha value is -2.15. The van der Waals surface area contributed by atoms with Crippen LogP contribution in [0.5, 0.6) is 0 Å². The van der Waals surface area contributed by atoms with E-state index in [4.69, 9.17) is 4.98 Å². The van der Waals surface area contributed by atoms with Crippen molar-refractivity contribution < 1.29 is 0 Å². The SMILES string of the molecule is CCC(C)c1cc2ccccc2nc1-c1cc(C)cc(C(C)(C)C)c1. The summed E-state index contributed by atoms with van der Waals surface area (Å²) in [5, 5.41) is 1.23. The molecule has 1 unspecified atom stereocenters. The smallest absolute Gasteiger partial charge is 0.0744 e. The lowest BCUT2D eigenvalue weighted by atomic mass is 9.83. The molecule has 0 N–H and O–H groups in total. The van der Waals surface area contributed by atoms with Gasteiger partial charge in [-0.25, -0.2) is 4.98 Å². The molecule has 0 saturated carbocycles. The molecule has 2 aromatic carbocycles. The minimum atomic E-state index is 0.133. The summed E-state index contributed by atoms with van der Waals surface area (Å²) >= 11 is 0. The molecule has 0 fully saturated rings. The van der Waals surface area contributed by atoms with Crippen molar-refractivity contribution in [3.8, 4) is 11.3 Å². The van der Waals surface area contributed by atoms with Crippen LogP contribution in [0.25, 0.3) is 22.2 Å². The highest BCUT2D eigenvalue weighted by Gasteiger charge is 2.18. The fraction of sp³-hybridized carbons (Fsp3) is 0.375. The van der Waals surface area contributed by atoms with E-state index in [1.807, 2.05) is 0 Å². The summed E-state index contributed by atoms with van der Waals surface area (Å²) in [4.78, 5) is 5.08. The lowest BCUT2D eigenvalue weighted by Gasteiger charge is -2.22. The molecule has 25 heavy (non-hydrogen) atoms. The number of pyridine rings is 1. The summed E-state index contributed by atoms with van der Waals surface area (Å²) in [6.07, 6.45) is 1.12. The monoisotopic (exact) mass is 331 g/mol. The van der Waals surface area contributed by atoms with E-state index in [1.54, 1.807) is 0 Å². The number of hydrogen-bond acceptors (Lipinski definition) is 1. The third kappa shape index (κ3) is 3.61. The van der Waals surface area contributed by atoms with E-state index < -0.39 is 0 Å². The third-order valence-electron chi connectivity index (χ3n) is 5.11. The van der Waals surface area contributed by atoms with Gasteiger partial charge in [0.15, 0.2) is 0 Å². The Morgan fingerprint density at radius 1 is 1.00 bits per heavy atom. The zero-order valence-corrected chi connectivity index (χ0v) is 16.4. The van der Waals surface area contributed by atoms with E-state index in [0.717, 1.165) is 17.6 Å². The van der Waals surface area contributed by atoms with Gasteiger partial charge in [-0.05, 0) is 60.1 Å². The fourth-order valence-corrected chi connectivity index (χ4v) is 3.31. The molecular formula is C24H29N. The molecule has 1 aromatic heterocycles. The van der Waals surface area contributed by atoms with Crippen molar-refractivity contribution in [1.82, 2.24) is 4.98 Å². The highest BCUT2D eigenvalue weighted by Crippen LogP contribution is 2.35. The Kier molecular flexibility index (Phi) is 4.69. The lowest BCUT2D eigenvalue weighted by Crippen LogP contribution is -2.11. The Morgan fingerprint density at radius 3 is 2.40 bits per heavy atom. The van der Waals surface area contributed by atoms with E-state index in [1.165, 1.54) is 27.6 Å². The van der Waals surface area contributed by atoms with Crippen LogP contribution < -0.4 is 0 Å². The van der Waals surface area contributed by atoms with Crippen molar-refractivity contribution >= 4 is 10.9 Å². The average Bonchev–Trinajstić information content (AvgIpc) is 2.58. The number of nitrogens with zero attached hydrogens (tertiary/aromatic N) is 1. The summed E-state index contributed by atoms with van der Waals surface area (Å²) in [6.45, 7) is 13.6. The van der Waals surface area contributed by atoms with Crippen molar-refractivity contribution in [3.05, 3.63) is 65.2 Å². The van der Waals surface area contributed by atoms with Gasteiger partial charge in [0.1, 0.15) is 0 Å². The number of benzene rings is 2. The van der Waals surface area contributed by atoms with Crippen molar-refractivity contribution in [2.75, 3.05) is 0 Å². The highest BCUT2D eigenvalue weighted by atomic mass is 14.7. The molecule has 1 nitrogen and oxygen atoms in total. The molecule has 0 bridgehead atoms. The molecule has 3 aromatic rings. The first-order valence-electron chi connectivity index (χ1n) is 9.32. The summed E-state index contributed by atoms with van der Waals surface area (Å²) < 4.78 is 0. The predicted octanol–water partition coefficient (Wildman–Crippen LogP) is 7.02. The van der Waals surface area contributed by atoms with Gasteiger partial charge in [-0.1, -0.05) is 64.4 Å². The van der Waals surface area contributed by atoms with Crippen LogP contribution in [0.15, 0.2) is 48.5 Å². The lowest BCUT2D eigenvalue weighted by molar-refractivity contribution is 0.590. The van der Waals surface area contributed by atoms with E-state index in [9.17, 15) is 0 Å². The molecule has 1 heteroatoms. The third-order valence-corrected chi connectivity index (χ3v) is 5.11. The van der Waals surface area contributed by atoms with Gasteiger partial charge in [-0.3, -0.25) is 0 Å². The van der Waals surface area contributed by atoms with Crippen LogP contribution in [-0.4, -0.2) is 4.98 Å². The van der Waals surface area contributed by atoms with E-state index in [0.29, 0.717) is 5.92 Å². The largest absolute Gasteiger partial charge is 0.247 e. The Labute approximate surface area is 152 Å². The molecule has 3 rings (SSSR count). The van der Waals surface area contributed by atoms with Crippen molar-refractivity contribution in [3.63, 3.8) is 0 Å². The maximum Gasteiger partial charge on any atom is 0.0744 e. The van der Waals surface area contributed by atoms with Gasteiger partial charge < -0.3 is 0 Å². The van der Waals surface area contributed by atoms with Crippen LogP contribution in [0.1, 0.15) is 63.6 Å². The van der Waals surface area contributed by atoms with Crippen LogP contribution in [0.3, 0.4) is 0 Å². The average molecular weight is 332 g/mol. The van der Waals surface area contributed by atoms with Gasteiger partial charge in [-0.2, -0.15) is 0 Å². The van der Waals surface area contributed by atoms with E-state index in [-0.39, 0.29) is 5.41 Å². The second-order valence-corrected chi connectivity index (χ2v) is 8.27. The van der Waals surface area contributed by atoms with Gasteiger partial charge in [0.25, 0.3) is 0 Å². The molecular weight excluding hydrogens is 302 g/mol. The van der Waals surface area contributed by atoms with Crippen LogP contribution in [0, 0.1) is 6.92 Å². The maximum atomic E-state index is 5.08. The summed E-state index contributed by atoms with van der Waals surface area (Å²) in [7, 11) is 0. The predicted molar refractivity (Wildman–Crippen MR) is 109 cm³/mol. The Morgan fingerprint density at radius 2 is 1.72 bits per heavy atom. The molecule has 0 aliphatic carbocycles. The summed E-state index contributed by atoms with van der Waals surface area (Å²) in [5.74, 6) is 0.491. The normalized spacial score (nSPS) is 13.2. The number of hydrogen-bond donors (Lipinski definition) is 0. The highest BCUT2D eigenvalue weighted by molar-refractivity contribution is 5.83.